The summed E-state index contributed by atoms with van der Waals surface area (Å²) in [7, 11) is 0. The second-order valence-corrected chi connectivity index (χ2v) is 7.37. The van der Waals surface area contributed by atoms with Gasteiger partial charge in [0.25, 0.3) is 0 Å². The van der Waals surface area contributed by atoms with Crippen LogP contribution in [0, 0.1) is 5.92 Å². The molecule has 0 aliphatic heterocycles. The predicted octanol–water partition coefficient (Wildman–Crippen LogP) is 1.75. The Balaban J connectivity index is 2.37. The molecule has 0 aliphatic rings. The van der Waals surface area contributed by atoms with Crippen molar-refractivity contribution in [2.24, 2.45) is 17.4 Å². The van der Waals surface area contributed by atoms with Gasteiger partial charge in [-0.25, -0.2) is 4.98 Å². The van der Waals surface area contributed by atoms with Gasteiger partial charge < -0.3 is 11.5 Å². The zero-order valence-electron chi connectivity index (χ0n) is 11.1. The molecule has 2 aromatic rings. The number of thioether (sulfide) groups is 1. The quantitative estimate of drug-likeness (QED) is 0.822. The van der Waals surface area contributed by atoms with Gasteiger partial charge >= 0.3 is 0 Å². The highest BCUT2D eigenvalue weighted by molar-refractivity contribution is 8.03. The maximum absolute atomic E-state index is 11.8. The lowest BCUT2D eigenvalue weighted by atomic mass is 9.94. The summed E-state index contributed by atoms with van der Waals surface area (Å²) in [5.74, 6) is -1.81. The molecular formula is C13H15N3O2S2. The van der Waals surface area contributed by atoms with Gasteiger partial charge in [-0.3, -0.25) is 9.59 Å². The molecule has 0 saturated heterocycles. The number of hydrogen-bond donors (Lipinski definition) is 2. The zero-order valence-corrected chi connectivity index (χ0v) is 12.8. The molecule has 1 aromatic heterocycles. The van der Waals surface area contributed by atoms with Crippen LogP contribution in [0.3, 0.4) is 0 Å². The summed E-state index contributed by atoms with van der Waals surface area (Å²) in [6.45, 7) is 3.23. The number of thiazole rings is 1. The third kappa shape index (κ3) is 2.64. The first-order valence-corrected chi connectivity index (χ1v) is 7.61. The van der Waals surface area contributed by atoms with Crippen LogP contribution in [0.15, 0.2) is 28.6 Å². The van der Waals surface area contributed by atoms with E-state index in [4.69, 9.17) is 11.5 Å². The summed E-state index contributed by atoms with van der Waals surface area (Å²) in [4.78, 5) is 27.6. The number of primary amides is 2. The van der Waals surface area contributed by atoms with Gasteiger partial charge in [-0.15, -0.1) is 11.3 Å². The predicted molar refractivity (Wildman–Crippen MR) is 81.4 cm³/mol. The summed E-state index contributed by atoms with van der Waals surface area (Å²) in [5.41, 5.74) is 11.6. The maximum atomic E-state index is 11.8. The third-order valence-corrected chi connectivity index (χ3v) is 5.89. The zero-order chi connectivity index (χ0) is 14.9. The van der Waals surface area contributed by atoms with Crippen molar-refractivity contribution in [3.05, 3.63) is 24.3 Å². The molecule has 2 atom stereocenters. The van der Waals surface area contributed by atoms with E-state index >= 15 is 0 Å². The molecule has 1 aromatic carbocycles. The smallest absolute Gasteiger partial charge is 0.234 e. The fourth-order valence-corrected chi connectivity index (χ4v) is 4.25. The van der Waals surface area contributed by atoms with Crippen LogP contribution in [-0.4, -0.2) is 21.5 Å². The van der Waals surface area contributed by atoms with Crippen molar-refractivity contribution < 1.29 is 9.59 Å². The van der Waals surface area contributed by atoms with Crippen molar-refractivity contribution in [1.29, 1.82) is 0 Å². The summed E-state index contributed by atoms with van der Waals surface area (Å²) < 4.78 is 0.605. The molecule has 106 valence electrons. The topological polar surface area (TPSA) is 99.1 Å². The van der Waals surface area contributed by atoms with E-state index in [2.05, 4.69) is 4.98 Å². The summed E-state index contributed by atoms with van der Waals surface area (Å²) in [6, 6.07) is 7.68. The van der Waals surface area contributed by atoms with Crippen molar-refractivity contribution in [2.75, 3.05) is 0 Å². The van der Waals surface area contributed by atoms with Gasteiger partial charge in [0, 0.05) is 0 Å². The van der Waals surface area contributed by atoms with E-state index in [-0.39, 0.29) is 0 Å². The molecule has 20 heavy (non-hydrogen) atoms. The average molecular weight is 309 g/mol. The summed E-state index contributed by atoms with van der Waals surface area (Å²) in [6.07, 6.45) is 0. The highest BCUT2D eigenvalue weighted by Gasteiger charge is 2.42. The van der Waals surface area contributed by atoms with Crippen LogP contribution in [0.4, 0.5) is 0 Å². The molecule has 5 nitrogen and oxygen atoms in total. The minimum absolute atomic E-state index is 0.556. The number of nitrogens with zero attached hydrogens (tertiary/aromatic N) is 1. The molecule has 0 radical (unpaired) electrons. The van der Waals surface area contributed by atoms with Gasteiger partial charge in [0.2, 0.25) is 11.8 Å². The number of rotatable bonds is 5. The Labute approximate surface area is 124 Å². The summed E-state index contributed by atoms with van der Waals surface area (Å²) in [5, 5.41) is 0. The monoisotopic (exact) mass is 309 g/mol. The Morgan fingerprint density at radius 3 is 2.55 bits per heavy atom. The fraction of sp³-hybridized carbons (Fsp3) is 0.308. The van der Waals surface area contributed by atoms with Gasteiger partial charge in [-0.05, 0) is 19.1 Å². The van der Waals surface area contributed by atoms with Crippen LogP contribution in [0.1, 0.15) is 13.8 Å². The maximum Gasteiger partial charge on any atom is 0.234 e. The van der Waals surface area contributed by atoms with Gasteiger partial charge in [0.1, 0.15) is 4.75 Å². The Morgan fingerprint density at radius 2 is 2.00 bits per heavy atom. The molecule has 7 heteroatoms. The number of hydrogen-bond acceptors (Lipinski definition) is 5. The van der Waals surface area contributed by atoms with Crippen molar-refractivity contribution in [2.45, 2.75) is 22.9 Å². The molecule has 4 N–H and O–H groups in total. The lowest BCUT2D eigenvalue weighted by Gasteiger charge is -2.28. The van der Waals surface area contributed by atoms with E-state index in [9.17, 15) is 9.59 Å². The van der Waals surface area contributed by atoms with Crippen LogP contribution < -0.4 is 11.5 Å². The number of carbonyl (C=O) groups excluding carboxylic acids is 2. The molecule has 0 saturated carbocycles. The highest BCUT2D eigenvalue weighted by Crippen LogP contribution is 2.41. The number of fused-ring (bicyclic) bond motifs is 1. The van der Waals surface area contributed by atoms with Crippen LogP contribution in [-0.2, 0) is 9.59 Å². The second kappa shape index (κ2) is 5.41. The van der Waals surface area contributed by atoms with Crippen LogP contribution in [0.5, 0.6) is 0 Å². The molecule has 2 unspecified atom stereocenters. The minimum Gasteiger partial charge on any atom is -0.369 e. The van der Waals surface area contributed by atoms with E-state index in [0.29, 0.717) is 4.34 Å². The van der Waals surface area contributed by atoms with Crippen molar-refractivity contribution in [3.8, 4) is 0 Å². The van der Waals surface area contributed by atoms with E-state index < -0.39 is 22.5 Å². The number of carbonyl (C=O) groups is 2. The molecular weight excluding hydrogens is 294 g/mol. The molecule has 2 amide bonds. The van der Waals surface area contributed by atoms with Gasteiger partial charge in [-0.2, -0.15) is 0 Å². The van der Waals surface area contributed by atoms with Crippen molar-refractivity contribution in [3.63, 3.8) is 0 Å². The van der Waals surface area contributed by atoms with Crippen molar-refractivity contribution in [1.82, 2.24) is 4.98 Å². The summed E-state index contributed by atoms with van der Waals surface area (Å²) >= 11 is 2.66. The Morgan fingerprint density at radius 1 is 1.35 bits per heavy atom. The standard InChI is InChI=1S/C13H15N3O2S2/c1-7(10(14)17)13(2,11(15)18)20-12-16-8-5-3-4-6-9(8)19-12/h3-7H,1-2H3,(H2,14,17)(H2,15,18). The normalized spacial score (nSPS) is 15.7. The number of amides is 2. The van der Waals surface area contributed by atoms with E-state index in [1.807, 2.05) is 24.3 Å². The van der Waals surface area contributed by atoms with Crippen LogP contribution >= 0.6 is 23.1 Å². The van der Waals surface area contributed by atoms with E-state index in [1.165, 1.54) is 23.1 Å². The second-order valence-electron chi connectivity index (χ2n) is 4.64. The van der Waals surface area contributed by atoms with E-state index in [0.717, 1.165) is 10.2 Å². The molecule has 1 heterocycles. The first-order valence-electron chi connectivity index (χ1n) is 5.98. The SMILES string of the molecule is CC(C(N)=O)C(C)(Sc1nc2ccccc2s1)C(N)=O. The fourth-order valence-electron chi connectivity index (χ4n) is 1.70. The molecule has 0 spiro atoms. The van der Waals surface area contributed by atoms with Gasteiger partial charge in [0.15, 0.2) is 4.34 Å². The lowest BCUT2D eigenvalue weighted by Crippen LogP contribution is -2.48. The minimum atomic E-state index is -1.11. The van der Waals surface area contributed by atoms with Crippen LogP contribution in [0.25, 0.3) is 10.2 Å². The number of aromatic nitrogens is 1. The molecule has 0 aliphatic carbocycles. The third-order valence-electron chi connectivity index (χ3n) is 3.32. The van der Waals surface area contributed by atoms with Crippen LogP contribution in [0.2, 0.25) is 0 Å². The Hall–Kier alpha value is -1.60. The Bertz CT molecular complexity index is 637. The lowest BCUT2D eigenvalue weighted by molar-refractivity contribution is -0.128. The largest absolute Gasteiger partial charge is 0.369 e. The highest BCUT2D eigenvalue weighted by atomic mass is 32.2. The number of para-hydroxylation sites is 1. The molecule has 0 bridgehead atoms. The average Bonchev–Trinajstić information content (AvgIpc) is 2.79. The number of nitrogens with two attached hydrogens (primary N) is 2. The van der Waals surface area contributed by atoms with E-state index in [1.54, 1.807) is 13.8 Å². The van der Waals surface area contributed by atoms with Gasteiger partial charge in [-0.1, -0.05) is 30.8 Å². The first kappa shape index (κ1) is 14.8. The van der Waals surface area contributed by atoms with Crippen molar-refractivity contribution >= 4 is 45.1 Å². The van der Waals surface area contributed by atoms with Gasteiger partial charge in [0.05, 0.1) is 16.1 Å². The molecule has 2 rings (SSSR count). The Kier molecular flexibility index (Phi) is 4.01. The number of benzene rings is 1. The first-order chi connectivity index (χ1) is 9.34. The molecule has 0 fully saturated rings.